The Labute approximate surface area is 506 Å². The minimum atomic E-state index is -1.05. The van der Waals surface area contributed by atoms with E-state index >= 15 is 0 Å². The molecule has 0 radical (unpaired) electrons. The second kappa shape index (κ2) is 65.7. The Morgan fingerprint density at radius 2 is 0.687 bits per heavy atom. The highest BCUT2D eigenvalue weighted by atomic mass is 16.6. The van der Waals surface area contributed by atoms with Crippen LogP contribution in [0.3, 0.4) is 0 Å². The molecule has 0 aliphatic carbocycles. The Kier molecular flexibility index (Phi) is 64.3. The van der Waals surface area contributed by atoms with Crippen molar-refractivity contribution in [3.63, 3.8) is 0 Å². The summed E-state index contributed by atoms with van der Waals surface area (Å²) in [7, 11) is 0. The molecule has 83 heavy (non-hydrogen) atoms. The van der Waals surface area contributed by atoms with Gasteiger partial charge in [-0.1, -0.05) is 288 Å². The van der Waals surface area contributed by atoms with Crippen LogP contribution in [-0.4, -0.2) is 82.7 Å². The molecule has 3 unspecified atom stereocenters. The highest BCUT2D eigenvalue weighted by molar-refractivity contribution is 5.94. The second-order valence-corrected chi connectivity index (χ2v) is 23.3. The van der Waals surface area contributed by atoms with Gasteiger partial charge in [-0.15, -0.1) is 0 Å². The summed E-state index contributed by atoms with van der Waals surface area (Å²) in [5, 5.41) is 34.3. The molecule has 13 nitrogen and oxygen atoms in total. The third-order valence-corrected chi connectivity index (χ3v) is 15.4. The molecule has 0 amide bonds. The van der Waals surface area contributed by atoms with Crippen molar-refractivity contribution in [2.24, 2.45) is 17.8 Å². The van der Waals surface area contributed by atoms with Crippen molar-refractivity contribution in [1.82, 2.24) is 0 Å². The number of ether oxygens (including phenoxy) is 3. The Morgan fingerprint density at radius 1 is 0.422 bits per heavy atom. The first-order valence-electron chi connectivity index (χ1n) is 34.1. The SMILES string of the molecule is CCCCCCCCCCCCCCC/C=C/CC(CC(=O)OCCOC(=O)CC(C/C=C/CCCCCCCCCCCCCCC)C(=O)O)C(=O)O.CCCCCCCCCCCCCCC/C=C/CC1CC(=O)OC1=O.OCCO. The maximum Gasteiger partial charge on any atom is 0.317 e. The molecule has 1 fully saturated rings. The van der Waals surface area contributed by atoms with Gasteiger partial charge in [0.05, 0.1) is 50.2 Å². The normalized spacial score (nSPS) is 13.9. The number of aliphatic hydroxyl groups is 2. The molecule has 0 bridgehead atoms. The van der Waals surface area contributed by atoms with Crippen molar-refractivity contribution in [3.8, 4) is 0 Å². The van der Waals surface area contributed by atoms with Gasteiger partial charge in [-0.3, -0.25) is 28.8 Å². The van der Waals surface area contributed by atoms with Crippen molar-refractivity contribution < 1.29 is 63.4 Å². The Hall–Kier alpha value is -3.84. The lowest BCUT2D eigenvalue weighted by atomic mass is 10.0. The molecule has 4 N–H and O–H groups in total. The molecule has 1 aliphatic rings. The van der Waals surface area contributed by atoms with Crippen molar-refractivity contribution in [3.05, 3.63) is 36.5 Å². The molecule has 0 aromatic rings. The first-order chi connectivity index (χ1) is 40.5. The van der Waals surface area contributed by atoms with Gasteiger partial charge in [-0.2, -0.15) is 0 Å². The topological polar surface area (TPSA) is 211 Å². The molecule has 1 aliphatic heterocycles. The van der Waals surface area contributed by atoms with Crippen molar-refractivity contribution in [2.45, 2.75) is 329 Å². The van der Waals surface area contributed by atoms with E-state index in [1.807, 2.05) is 30.4 Å². The number of aliphatic hydroxyl groups excluding tert-OH is 2. The fourth-order valence-electron chi connectivity index (χ4n) is 10.1. The van der Waals surface area contributed by atoms with E-state index in [1.165, 1.54) is 238 Å². The fourth-order valence-corrected chi connectivity index (χ4v) is 10.1. The fraction of sp³-hybridized carbons (Fsp3) is 0.829. The average Bonchev–Trinajstić information content (AvgIpc) is 3.82. The van der Waals surface area contributed by atoms with Crippen LogP contribution in [0.5, 0.6) is 0 Å². The molecule has 13 heteroatoms. The second-order valence-electron chi connectivity index (χ2n) is 23.3. The van der Waals surface area contributed by atoms with Gasteiger partial charge in [0.25, 0.3) is 0 Å². The van der Waals surface area contributed by atoms with Gasteiger partial charge in [0, 0.05) is 0 Å². The van der Waals surface area contributed by atoms with Gasteiger partial charge in [0.1, 0.15) is 13.2 Å². The standard InChI is InChI=1S/C46H82O8.C22H38O3.C2H6O2/c1-3-5-7-9-11-13-15-17-19-21-23-25-27-29-31-33-35-41(45(49)50)39-43(47)53-37-38-54-44(48)40-42(46(51)52)36-34-32-30-28-26-24-22-20-18-16-14-12-10-8-6-4-2;1-2-3-4-5-6-7-8-9-10-11-12-13-14-15-16-17-18-20-19-21(23)25-22(20)24;3-1-2-4/h31-34,41-42H,3-30,35-40H2,1-2H3,(H,49,50)(H,51,52);16-17,20H,2-15,18-19H2,1H3;3-4H,1-2H2/b33-31+,34-32+;17-16+;. The molecule has 3 atom stereocenters. The molecule has 0 aromatic heterocycles. The van der Waals surface area contributed by atoms with Crippen LogP contribution in [0.15, 0.2) is 36.5 Å². The maximum absolute atomic E-state index is 12.2. The first kappa shape index (κ1) is 81.2. The number of carbonyl (C=O) groups is 6. The lowest BCUT2D eigenvalue weighted by molar-refractivity contribution is -0.157. The van der Waals surface area contributed by atoms with E-state index in [9.17, 15) is 39.0 Å². The van der Waals surface area contributed by atoms with Crippen LogP contribution in [0.2, 0.25) is 0 Å². The van der Waals surface area contributed by atoms with E-state index in [4.69, 9.17) is 19.7 Å². The summed E-state index contributed by atoms with van der Waals surface area (Å²) in [6, 6.07) is 0. The molecule has 1 rings (SSSR count). The van der Waals surface area contributed by atoms with Crippen LogP contribution in [0.1, 0.15) is 329 Å². The van der Waals surface area contributed by atoms with Crippen LogP contribution >= 0.6 is 0 Å². The molecule has 0 saturated carbocycles. The van der Waals surface area contributed by atoms with Gasteiger partial charge in [0.2, 0.25) is 0 Å². The van der Waals surface area contributed by atoms with Crippen LogP contribution in [0, 0.1) is 17.8 Å². The molecule has 484 valence electrons. The summed E-state index contributed by atoms with van der Waals surface area (Å²) in [4.78, 5) is 70.1. The summed E-state index contributed by atoms with van der Waals surface area (Å²) < 4.78 is 14.7. The average molecular weight is 1180 g/mol. The summed E-state index contributed by atoms with van der Waals surface area (Å²) >= 11 is 0. The number of cyclic esters (lactones) is 2. The lowest BCUT2D eigenvalue weighted by Crippen LogP contribution is -2.22. The summed E-state index contributed by atoms with van der Waals surface area (Å²) in [5.41, 5.74) is 0. The van der Waals surface area contributed by atoms with Crippen LogP contribution in [0.4, 0.5) is 0 Å². The number of carboxylic acids is 2. The number of esters is 4. The number of hydrogen-bond donors (Lipinski definition) is 4. The van der Waals surface area contributed by atoms with Crippen molar-refractivity contribution in [1.29, 1.82) is 0 Å². The monoisotopic (exact) mass is 1170 g/mol. The number of hydrogen-bond acceptors (Lipinski definition) is 11. The predicted molar refractivity (Wildman–Crippen MR) is 339 cm³/mol. The number of carbonyl (C=O) groups excluding carboxylic acids is 4. The highest BCUT2D eigenvalue weighted by Gasteiger charge is 2.32. The molecule has 1 saturated heterocycles. The third kappa shape index (κ3) is 61.1. The number of rotatable bonds is 58. The zero-order valence-corrected chi connectivity index (χ0v) is 53.4. The van der Waals surface area contributed by atoms with Gasteiger partial charge in [0.15, 0.2) is 0 Å². The van der Waals surface area contributed by atoms with Crippen LogP contribution in [0.25, 0.3) is 0 Å². The third-order valence-electron chi connectivity index (χ3n) is 15.4. The predicted octanol–water partition coefficient (Wildman–Crippen LogP) is 18.6. The van der Waals surface area contributed by atoms with Crippen molar-refractivity contribution in [2.75, 3.05) is 26.4 Å². The largest absolute Gasteiger partial charge is 0.481 e. The van der Waals surface area contributed by atoms with E-state index in [-0.39, 0.29) is 76.4 Å². The zero-order chi connectivity index (χ0) is 61.3. The number of allylic oxidation sites excluding steroid dienone is 6. The number of carboxylic acid groups (broad SMARTS) is 2. The summed E-state index contributed by atoms with van der Waals surface area (Å²) in [6.45, 7) is 6.12. The van der Waals surface area contributed by atoms with Crippen molar-refractivity contribution >= 4 is 35.8 Å². The summed E-state index contributed by atoms with van der Waals surface area (Å²) in [6.07, 6.45) is 67.4. The Balaban J connectivity index is 0. The molecular formula is C70H126O13. The minimum absolute atomic E-state index is 0.125. The summed E-state index contributed by atoms with van der Waals surface area (Å²) in [5.74, 6) is -6.16. The number of aliphatic carboxylic acids is 2. The molecular weight excluding hydrogens is 1050 g/mol. The number of unbranched alkanes of at least 4 members (excludes halogenated alkanes) is 39. The van der Waals surface area contributed by atoms with Gasteiger partial charge >= 0.3 is 35.8 Å². The molecule has 0 aromatic carbocycles. The Morgan fingerprint density at radius 3 is 0.928 bits per heavy atom. The maximum atomic E-state index is 12.2. The Bertz CT molecular complexity index is 1510. The van der Waals surface area contributed by atoms with Crippen LogP contribution < -0.4 is 0 Å². The van der Waals surface area contributed by atoms with Crippen LogP contribution in [-0.2, 0) is 43.0 Å². The zero-order valence-electron chi connectivity index (χ0n) is 53.4. The van der Waals surface area contributed by atoms with E-state index in [0.29, 0.717) is 6.42 Å². The lowest BCUT2D eigenvalue weighted by Gasteiger charge is -2.12. The quantitative estimate of drug-likeness (QED) is 0.0147. The minimum Gasteiger partial charge on any atom is -0.481 e. The smallest absolute Gasteiger partial charge is 0.317 e. The first-order valence-corrected chi connectivity index (χ1v) is 34.1. The van der Waals surface area contributed by atoms with Gasteiger partial charge in [-0.05, 0) is 57.8 Å². The van der Waals surface area contributed by atoms with E-state index in [2.05, 4.69) is 31.6 Å². The molecule has 1 heterocycles. The molecule has 0 spiro atoms. The van der Waals surface area contributed by atoms with E-state index < -0.39 is 35.7 Å². The highest BCUT2D eigenvalue weighted by Crippen LogP contribution is 2.21. The van der Waals surface area contributed by atoms with Gasteiger partial charge in [-0.25, -0.2) is 0 Å². The van der Waals surface area contributed by atoms with Gasteiger partial charge < -0.3 is 34.6 Å². The van der Waals surface area contributed by atoms with E-state index in [0.717, 1.165) is 32.1 Å². The van der Waals surface area contributed by atoms with E-state index in [1.54, 1.807) is 0 Å².